The summed E-state index contributed by atoms with van der Waals surface area (Å²) >= 11 is 0. The van der Waals surface area contributed by atoms with Crippen molar-refractivity contribution in [2.75, 3.05) is 0 Å². The Morgan fingerprint density at radius 1 is 1.17 bits per heavy atom. The molecular weight excluding hydrogens is 181 g/mol. The zero-order valence-electron chi connectivity index (χ0n) is 7.77. The molecule has 0 rings (SSSR count). The second kappa shape index (κ2) is 4.94. The number of rotatable bonds is 5. The third-order valence-corrected chi connectivity index (χ3v) is 2.46. The maximum atomic E-state index is 11.4. The zero-order valence-corrected chi connectivity index (χ0v) is 8.67. The van der Waals surface area contributed by atoms with E-state index in [1.165, 1.54) is 0 Å². The monoisotopic (exact) mass is 197 g/mol. The van der Waals surface area contributed by atoms with Gasteiger partial charge in [-0.2, -0.15) is 0 Å². The lowest BCUT2D eigenvalue weighted by Crippen LogP contribution is -2.16. The summed E-state index contributed by atoms with van der Waals surface area (Å²) in [6.07, 6.45) is -0.538. The Bertz CT molecular complexity index is 157. The molecule has 0 amide bonds. The van der Waals surface area contributed by atoms with Gasteiger partial charge in [-0.1, -0.05) is 0 Å². The molecule has 74 valence electrons. The van der Waals surface area contributed by atoms with Crippen molar-refractivity contribution in [1.29, 1.82) is 0 Å². The lowest BCUT2D eigenvalue weighted by atomic mass is 10.5. The van der Waals surface area contributed by atoms with Gasteiger partial charge in [-0.15, -0.1) is 5.25 Å². The third-order valence-electron chi connectivity index (χ3n) is 0.822. The van der Waals surface area contributed by atoms with Crippen LogP contribution in [0.4, 0.5) is 0 Å². The Balaban J connectivity index is 4.15. The van der Waals surface area contributed by atoms with Gasteiger partial charge in [0.25, 0.3) is 0 Å². The quantitative estimate of drug-likeness (QED) is 0.520. The highest BCUT2D eigenvalue weighted by Gasteiger charge is 2.26. The second-order valence-electron chi connectivity index (χ2n) is 2.91. The summed E-state index contributed by atoms with van der Waals surface area (Å²) in [5.74, 6) is 0. The highest BCUT2D eigenvalue weighted by molar-refractivity contribution is 7.51. The Morgan fingerprint density at radius 3 is 1.67 bits per heavy atom. The van der Waals surface area contributed by atoms with Crippen LogP contribution in [0.15, 0.2) is 0 Å². The fourth-order valence-corrected chi connectivity index (χ4v) is 1.88. The van der Waals surface area contributed by atoms with Crippen LogP contribution < -0.4 is 5.25 Å². The van der Waals surface area contributed by atoms with Crippen LogP contribution in [-0.2, 0) is 13.6 Å². The van der Waals surface area contributed by atoms with E-state index >= 15 is 0 Å². The average Bonchev–Trinajstić information content (AvgIpc) is 1.83. The summed E-state index contributed by atoms with van der Waals surface area (Å²) in [4.78, 5) is 0. The Labute approximate surface area is 72.6 Å². The van der Waals surface area contributed by atoms with Crippen LogP contribution in [-0.4, -0.2) is 17.4 Å². The number of nitrogens with one attached hydrogen (secondary N) is 1. The van der Waals surface area contributed by atoms with Gasteiger partial charge in [0.15, 0.2) is 0 Å². The van der Waals surface area contributed by atoms with Crippen LogP contribution in [0.3, 0.4) is 0 Å². The lowest BCUT2D eigenvalue weighted by Gasteiger charge is -2.20. The van der Waals surface area contributed by atoms with Gasteiger partial charge in [0.05, 0.1) is 12.2 Å². The number of hydrogen-bond acceptors (Lipinski definition) is 4. The lowest BCUT2D eigenvalue weighted by molar-refractivity contribution is 0.0952. The minimum Gasteiger partial charge on any atom is -0.307 e. The number of hydrogen-bond donors (Lipinski definition) is 2. The molecule has 0 saturated carbocycles. The molecule has 0 heterocycles. The predicted molar refractivity (Wildman–Crippen MR) is 45.0 cm³/mol. The Kier molecular flexibility index (Phi) is 4.97. The highest BCUT2D eigenvalue weighted by Crippen LogP contribution is 2.45. The summed E-state index contributed by atoms with van der Waals surface area (Å²) in [6.45, 7) is 6.81. The van der Waals surface area contributed by atoms with Crippen LogP contribution >= 0.6 is 7.75 Å². The molecule has 0 aromatic carbocycles. The molecule has 0 aliphatic rings. The minimum absolute atomic E-state index is 0.269. The molecule has 0 saturated heterocycles. The van der Waals surface area contributed by atoms with Crippen molar-refractivity contribution in [3.8, 4) is 0 Å². The van der Waals surface area contributed by atoms with E-state index < -0.39 is 7.75 Å². The van der Waals surface area contributed by atoms with Crippen molar-refractivity contribution < 1.29 is 18.8 Å². The normalized spacial score (nSPS) is 12.9. The maximum absolute atomic E-state index is 11.4. The van der Waals surface area contributed by atoms with Gasteiger partial charge in [0.1, 0.15) is 0 Å². The topological polar surface area (TPSA) is 67.8 Å². The average molecular weight is 197 g/mol. The molecule has 0 aromatic rings. The maximum Gasteiger partial charge on any atom is 0.428 e. The molecule has 6 heteroatoms. The van der Waals surface area contributed by atoms with E-state index in [9.17, 15) is 4.57 Å². The molecule has 0 aliphatic heterocycles. The first-order chi connectivity index (χ1) is 5.39. The van der Waals surface area contributed by atoms with Gasteiger partial charge in [-0.25, -0.2) is 4.57 Å². The fourth-order valence-electron chi connectivity index (χ4n) is 0.627. The van der Waals surface area contributed by atoms with Crippen LogP contribution in [0.5, 0.6) is 0 Å². The molecule has 0 radical (unpaired) electrons. The SMILES string of the molecule is CC(C)OP(=O)(NO)OC(C)C. The minimum atomic E-state index is -3.51. The summed E-state index contributed by atoms with van der Waals surface area (Å²) in [6, 6.07) is 0. The molecule has 0 spiro atoms. The van der Waals surface area contributed by atoms with Crippen molar-refractivity contribution in [2.45, 2.75) is 39.9 Å². The summed E-state index contributed by atoms with van der Waals surface area (Å²) in [5, 5.41) is 10.1. The van der Waals surface area contributed by atoms with Gasteiger partial charge in [-0.3, -0.25) is 9.05 Å². The van der Waals surface area contributed by atoms with Crippen LogP contribution in [0.25, 0.3) is 0 Å². The molecule has 0 fully saturated rings. The van der Waals surface area contributed by atoms with E-state index in [0.29, 0.717) is 0 Å². The summed E-state index contributed by atoms with van der Waals surface area (Å²) in [5.41, 5.74) is 0. The molecule has 12 heavy (non-hydrogen) atoms. The van der Waals surface area contributed by atoms with Crippen molar-refractivity contribution in [3.05, 3.63) is 0 Å². The predicted octanol–water partition coefficient (Wildman–Crippen LogP) is 1.92. The van der Waals surface area contributed by atoms with Gasteiger partial charge in [-0.05, 0) is 27.7 Å². The van der Waals surface area contributed by atoms with E-state index in [2.05, 4.69) is 0 Å². The molecular formula is C6H16NO4P. The van der Waals surface area contributed by atoms with E-state index in [1.54, 1.807) is 32.9 Å². The first kappa shape index (κ1) is 12.1. The smallest absolute Gasteiger partial charge is 0.307 e. The molecule has 0 bridgehead atoms. The van der Waals surface area contributed by atoms with Crippen molar-refractivity contribution in [3.63, 3.8) is 0 Å². The molecule has 5 nitrogen and oxygen atoms in total. The van der Waals surface area contributed by atoms with Gasteiger partial charge < -0.3 is 5.21 Å². The third kappa shape index (κ3) is 4.85. The van der Waals surface area contributed by atoms with Crippen LogP contribution in [0, 0.1) is 0 Å². The zero-order chi connectivity index (χ0) is 9.78. The van der Waals surface area contributed by atoms with Crippen molar-refractivity contribution in [2.24, 2.45) is 0 Å². The van der Waals surface area contributed by atoms with E-state index in [4.69, 9.17) is 14.3 Å². The summed E-state index contributed by atoms with van der Waals surface area (Å²) < 4.78 is 21.1. The van der Waals surface area contributed by atoms with Gasteiger partial charge >= 0.3 is 7.75 Å². The van der Waals surface area contributed by atoms with Crippen molar-refractivity contribution in [1.82, 2.24) is 5.25 Å². The van der Waals surface area contributed by atoms with E-state index in [0.717, 1.165) is 0 Å². The first-order valence-electron chi connectivity index (χ1n) is 3.78. The molecule has 0 unspecified atom stereocenters. The van der Waals surface area contributed by atoms with Gasteiger partial charge in [0.2, 0.25) is 0 Å². The standard InChI is InChI=1S/C6H16NO4P/c1-5(2)10-12(9,7-8)11-6(3)4/h5-6,8H,1-4H3,(H,7,9). The highest BCUT2D eigenvalue weighted by atomic mass is 31.2. The molecule has 0 atom stereocenters. The van der Waals surface area contributed by atoms with E-state index in [1.807, 2.05) is 0 Å². The molecule has 2 N–H and O–H groups in total. The van der Waals surface area contributed by atoms with Crippen LogP contribution in [0.1, 0.15) is 27.7 Å². The molecule has 0 aromatic heterocycles. The fraction of sp³-hybridized carbons (Fsp3) is 1.00. The Hall–Kier alpha value is 0.0700. The largest absolute Gasteiger partial charge is 0.428 e. The summed E-state index contributed by atoms with van der Waals surface area (Å²) in [7, 11) is -3.51. The first-order valence-corrected chi connectivity index (χ1v) is 5.32. The van der Waals surface area contributed by atoms with Crippen molar-refractivity contribution >= 4 is 7.75 Å². The van der Waals surface area contributed by atoms with Crippen LogP contribution in [0.2, 0.25) is 0 Å². The Morgan fingerprint density at radius 2 is 1.50 bits per heavy atom. The van der Waals surface area contributed by atoms with E-state index in [-0.39, 0.29) is 12.2 Å². The second-order valence-corrected chi connectivity index (χ2v) is 4.52. The molecule has 0 aliphatic carbocycles. The van der Waals surface area contributed by atoms with Gasteiger partial charge in [0, 0.05) is 0 Å².